The number of anilines is 2. The minimum absolute atomic E-state index is 0.0869. The van der Waals surface area contributed by atoms with Crippen LogP contribution in [0.4, 0.5) is 11.4 Å². The number of thiocarbonyl (C=S) groups is 1. The van der Waals surface area contributed by atoms with E-state index >= 15 is 0 Å². The van der Waals surface area contributed by atoms with E-state index in [9.17, 15) is 8.42 Å². The first-order valence-electron chi connectivity index (χ1n) is 12.9. The van der Waals surface area contributed by atoms with E-state index in [1.54, 1.807) is 54.9 Å². The number of pyridine rings is 1. The van der Waals surface area contributed by atoms with Crippen LogP contribution in [-0.2, 0) is 10.0 Å². The molecule has 0 aliphatic heterocycles. The normalized spacial score (nSPS) is 11.9. The number of hydrogen-bond donors (Lipinski definition) is 2. The molecule has 1 heterocycles. The Kier molecular flexibility index (Phi) is 11.0. The highest BCUT2D eigenvalue weighted by Gasteiger charge is 2.34. The minimum atomic E-state index is -3.89. The molecule has 3 rings (SSSR count). The molecule has 0 bridgehead atoms. The molecule has 2 aromatic carbocycles. The molecule has 0 amide bonds. The van der Waals surface area contributed by atoms with Crippen molar-refractivity contribution in [3.05, 3.63) is 73.1 Å². The second kappa shape index (κ2) is 14.0. The third kappa shape index (κ3) is 7.04. The van der Waals surface area contributed by atoms with Gasteiger partial charge in [0.1, 0.15) is 13.1 Å². The molecule has 0 unspecified atom stereocenters. The average molecular weight is 589 g/mol. The summed E-state index contributed by atoms with van der Waals surface area (Å²) in [5.41, 5.74) is 0.882. The maximum atomic E-state index is 13.2. The first-order chi connectivity index (χ1) is 18.7. The Labute approximate surface area is 237 Å². The first kappa shape index (κ1) is 30.7. The van der Waals surface area contributed by atoms with Gasteiger partial charge in [0.05, 0.1) is 17.7 Å². The van der Waals surface area contributed by atoms with E-state index in [1.165, 1.54) is 13.2 Å². The SMILES string of the molecule is CCN(CC)P(=NC(=S)Nc1cccc(S(=O)(=O)Nc2ccccc2OC)c1)(c1ccncc1)N(CC)CC. The van der Waals surface area contributed by atoms with Crippen molar-refractivity contribution in [3.8, 4) is 5.75 Å². The fourth-order valence-corrected chi connectivity index (χ4v) is 9.79. The maximum Gasteiger partial charge on any atom is 0.262 e. The highest BCUT2D eigenvalue weighted by molar-refractivity contribution is 7.92. The van der Waals surface area contributed by atoms with Gasteiger partial charge in [0.25, 0.3) is 10.0 Å². The molecule has 0 saturated carbocycles. The number of benzene rings is 2. The quantitative estimate of drug-likeness (QED) is 0.208. The molecular formula is C27H37N6O3PS2. The fourth-order valence-electron chi connectivity index (χ4n) is 4.42. The van der Waals surface area contributed by atoms with Crippen molar-refractivity contribution >= 4 is 51.4 Å². The molecule has 9 nitrogen and oxygen atoms in total. The lowest BCUT2D eigenvalue weighted by Gasteiger charge is -2.42. The van der Waals surface area contributed by atoms with E-state index in [0.29, 0.717) is 17.1 Å². The monoisotopic (exact) mass is 588 g/mol. The van der Waals surface area contributed by atoms with Crippen LogP contribution in [0.2, 0.25) is 0 Å². The summed E-state index contributed by atoms with van der Waals surface area (Å²) in [6, 6.07) is 17.4. The zero-order valence-corrected chi connectivity index (χ0v) is 25.6. The molecular weight excluding hydrogens is 551 g/mol. The number of hydrogen-bond acceptors (Lipinski definition) is 5. The zero-order chi connectivity index (χ0) is 28.5. The highest BCUT2D eigenvalue weighted by Crippen LogP contribution is 2.55. The molecule has 0 saturated heterocycles. The van der Waals surface area contributed by atoms with Crippen LogP contribution in [-0.4, -0.2) is 61.1 Å². The van der Waals surface area contributed by atoms with Crippen molar-refractivity contribution in [2.45, 2.75) is 32.6 Å². The second-order valence-corrected chi connectivity index (χ2v) is 13.5. The van der Waals surface area contributed by atoms with Gasteiger partial charge in [-0.15, -0.1) is 0 Å². The molecule has 12 heteroatoms. The summed E-state index contributed by atoms with van der Waals surface area (Å²) in [4.78, 5) is 4.31. The summed E-state index contributed by atoms with van der Waals surface area (Å²) in [6.07, 6.45) is 3.57. The third-order valence-electron chi connectivity index (χ3n) is 6.24. The lowest BCUT2D eigenvalue weighted by Crippen LogP contribution is -2.38. The van der Waals surface area contributed by atoms with E-state index < -0.39 is 17.4 Å². The summed E-state index contributed by atoms with van der Waals surface area (Å²) in [5.74, 6) is 0.430. The van der Waals surface area contributed by atoms with Gasteiger partial charge in [0, 0.05) is 49.6 Å². The largest absolute Gasteiger partial charge is 0.495 e. The van der Waals surface area contributed by atoms with Gasteiger partial charge < -0.3 is 10.1 Å². The van der Waals surface area contributed by atoms with E-state index in [0.717, 1.165) is 31.5 Å². The van der Waals surface area contributed by atoms with Crippen LogP contribution in [0.15, 0.2) is 82.7 Å². The van der Waals surface area contributed by atoms with Gasteiger partial charge in [-0.1, -0.05) is 45.9 Å². The molecule has 0 aliphatic rings. The molecule has 3 aromatic rings. The molecule has 210 valence electrons. The van der Waals surface area contributed by atoms with Crippen LogP contribution in [0.5, 0.6) is 5.75 Å². The van der Waals surface area contributed by atoms with Crippen molar-refractivity contribution in [2.75, 3.05) is 43.3 Å². The Morgan fingerprint density at radius 1 is 0.949 bits per heavy atom. The molecule has 0 atom stereocenters. The summed E-state index contributed by atoms with van der Waals surface area (Å²) in [7, 11) is -4.85. The number of aromatic nitrogens is 1. The van der Waals surface area contributed by atoms with Crippen LogP contribution in [0.1, 0.15) is 27.7 Å². The topological polar surface area (TPSA) is 99.2 Å². The predicted octanol–water partition coefficient (Wildman–Crippen LogP) is 5.63. The summed E-state index contributed by atoms with van der Waals surface area (Å²) >= 11 is 5.79. The number of ether oxygens (including phenoxy) is 1. The lowest BCUT2D eigenvalue weighted by atomic mass is 10.3. The van der Waals surface area contributed by atoms with E-state index in [1.807, 2.05) is 12.1 Å². The maximum absolute atomic E-state index is 13.2. The van der Waals surface area contributed by atoms with Crippen molar-refractivity contribution < 1.29 is 13.2 Å². The van der Waals surface area contributed by atoms with Gasteiger partial charge in [0.15, 0.2) is 5.11 Å². The molecule has 0 fully saturated rings. The zero-order valence-electron chi connectivity index (χ0n) is 23.0. The van der Waals surface area contributed by atoms with E-state index in [4.69, 9.17) is 21.7 Å². The van der Waals surface area contributed by atoms with Gasteiger partial charge >= 0.3 is 0 Å². The Hall–Kier alpha value is -2.82. The van der Waals surface area contributed by atoms with Crippen LogP contribution in [0.3, 0.4) is 0 Å². The van der Waals surface area contributed by atoms with Crippen molar-refractivity contribution in [1.82, 2.24) is 14.3 Å². The van der Waals surface area contributed by atoms with Gasteiger partial charge in [0.2, 0.25) is 0 Å². The summed E-state index contributed by atoms with van der Waals surface area (Å²) < 4.78 is 44.2. The van der Waals surface area contributed by atoms with E-state index in [-0.39, 0.29) is 10.0 Å². The van der Waals surface area contributed by atoms with Crippen molar-refractivity contribution in [1.29, 1.82) is 0 Å². The summed E-state index contributed by atoms with van der Waals surface area (Å²) in [6.45, 7) is 11.6. The summed E-state index contributed by atoms with van der Waals surface area (Å²) in [5, 5.41) is 4.52. The van der Waals surface area contributed by atoms with Gasteiger partial charge in [-0.05, 0) is 54.7 Å². The van der Waals surface area contributed by atoms with Crippen LogP contribution in [0, 0.1) is 0 Å². The number of methoxy groups -OCH3 is 1. The molecule has 0 aliphatic carbocycles. The molecule has 39 heavy (non-hydrogen) atoms. The number of para-hydroxylation sites is 2. The van der Waals surface area contributed by atoms with E-state index in [2.05, 4.69) is 52.1 Å². The predicted molar refractivity (Wildman–Crippen MR) is 166 cm³/mol. The molecule has 0 radical (unpaired) electrons. The van der Waals surface area contributed by atoms with Gasteiger partial charge in [-0.2, -0.15) is 0 Å². The number of rotatable bonds is 12. The van der Waals surface area contributed by atoms with Crippen LogP contribution >= 0.6 is 19.6 Å². The smallest absolute Gasteiger partial charge is 0.262 e. The van der Waals surface area contributed by atoms with Gasteiger partial charge in [-0.25, -0.2) is 13.2 Å². The van der Waals surface area contributed by atoms with Crippen molar-refractivity contribution in [3.63, 3.8) is 0 Å². The first-order valence-corrected chi connectivity index (χ1v) is 16.4. The third-order valence-corrected chi connectivity index (χ3v) is 12.1. The minimum Gasteiger partial charge on any atom is -0.495 e. The van der Waals surface area contributed by atoms with Gasteiger partial charge in [-0.3, -0.25) is 19.0 Å². The van der Waals surface area contributed by atoms with Crippen LogP contribution in [0.25, 0.3) is 0 Å². The Morgan fingerprint density at radius 2 is 1.56 bits per heavy atom. The Morgan fingerprint density at radius 3 is 2.15 bits per heavy atom. The standard InChI is InChI=1S/C27H37N6O3PS2/c1-6-32(7-2)37(33(8-3)9-4,23-17-19-28-20-18-23)30-27(38)29-22-13-12-14-24(21-22)39(34,35)31-25-15-10-11-16-26(25)36-5/h10-21,31H,6-9H2,1-5H3,(H,29,38). The Bertz CT molecular complexity index is 1400. The highest BCUT2D eigenvalue weighted by atomic mass is 32.2. The number of sulfonamides is 1. The molecule has 2 N–H and O–H groups in total. The Balaban J connectivity index is 2.02. The van der Waals surface area contributed by atoms with Crippen molar-refractivity contribution in [2.24, 2.45) is 4.74 Å². The van der Waals surface area contributed by atoms with Crippen LogP contribution < -0.4 is 20.1 Å². The average Bonchev–Trinajstić information content (AvgIpc) is 2.94. The number of nitrogens with one attached hydrogen (secondary N) is 2. The molecule has 0 spiro atoms. The second-order valence-electron chi connectivity index (χ2n) is 8.42. The fraction of sp³-hybridized carbons (Fsp3) is 0.333. The number of nitrogens with zero attached hydrogens (tertiary/aromatic N) is 4. The molecule has 1 aromatic heterocycles. The lowest BCUT2D eigenvalue weighted by molar-refractivity contribution is 0.417.